The molecule has 0 heterocycles. The number of hydrogen-bond donors (Lipinski definition) is 0. The van der Waals surface area contributed by atoms with Crippen LogP contribution in [0.1, 0.15) is 52.9 Å². The monoisotopic (exact) mass is 140 g/mol. The third-order valence-corrected chi connectivity index (χ3v) is 1.86. The Kier molecular flexibility index (Phi) is 6.68. The molecule has 60 valence electrons. The van der Waals surface area contributed by atoms with E-state index in [2.05, 4.69) is 26.8 Å². The van der Waals surface area contributed by atoms with Gasteiger partial charge in [-0.05, 0) is 26.2 Å². The standard InChI is InChI=1S/C10H20/c1-4-6-7-8-9-10(3)5-2/h9H,4-8H2,1-3H3/b10-9+. The van der Waals surface area contributed by atoms with Crippen LogP contribution < -0.4 is 0 Å². The van der Waals surface area contributed by atoms with E-state index in [4.69, 9.17) is 0 Å². The molecule has 0 saturated heterocycles. The maximum Gasteiger partial charge on any atom is -0.0348 e. The second-order valence-corrected chi connectivity index (χ2v) is 2.90. The van der Waals surface area contributed by atoms with Crippen LogP contribution in [-0.2, 0) is 0 Å². The van der Waals surface area contributed by atoms with E-state index in [1.54, 1.807) is 0 Å². The Morgan fingerprint density at radius 1 is 1.20 bits per heavy atom. The Labute approximate surface area is 65.3 Å². The summed E-state index contributed by atoms with van der Waals surface area (Å²) in [6, 6.07) is 0. The second-order valence-electron chi connectivity index (χ2n) is 2.90. The molecule has 0 amide bonds. The Hall–Kier alpha value is -0.260. The summed E-state index contributed by atoms with van der Waals surface area (Å²) < 4.78 is 0. The second kappa shape index (κ2) is 6.85. The van der Waals surface area contributed by atoms with Crippen molar-refractivity contribution in [3.05, 3.63) is 11.6 Å². The lowest BCUT2D eigenvalue weighted by Gasteiger charge is -1.95. The molecule has 0 aromatic heterocycles. The van der Waals surface area contributed by atoms with Crippen LogP contribution >= 0.6 is 0 Å². The Balaban J connectivity index is 3.16. The van der Waals surface area contributed by atoms with Gasteiger partial charge >= 0.3 is 0 Å². The van der Waals surface area contributed by atoms with Gasteiger partial charge in [0.05, 0.1) is 0 Å². The molecule has 0 N–H and O–H groups in total. The highest BCUT2D eigenvalue weighted by Gasteiger charge is 1.84. The SMILES string of the molecule is CCCCC/C=C(\C)CC. The van der Waals surface area contributed by atoms with E-state index in [9.17, 15) is 0 Å². The first kappa shape index (κ1) is 9.74. The molecule has 0 nitrogen and oxygen atoms in total. The molecule has 0 aliphatic heterocycles. The first-order valence-corrected chi connectivity index (χ1v) is 4.46. The van der Waals surface area contributed by atoms with E-state index < -0.39 is 0 Å². The molecular weight excluding hydrogens is 120 g/mol. The quantitative estimate of drug-likeness (QED) is 0.401. The molecule has 10 heavy (non-hydrogen) atoms. The fraction of sp³-hybridized carbons (Fsp3) is 0.800. The summed E-state index contributed by atoms with van der Waals surface area (Å²) in [7, 11) is 0. The summed E-state index contributed by atoms with van der Waals surface area (Å²) in [4.78, 5) is 0. The number of allylic oxidation sites excluding steroid dienone is 2. The van der Waals surface area contributed by atoms with E-state index >= 15 is 0 Å². The lowest BCUT2D eigenvalue weighted by atomic mass is 10.1. The van der Waals surface area contributed by atoms with Gasteiger partial charge < -0.3 is 0 Å². The zero-order valence-corrected chi connectivity index (χ0v) is 7.61. The summed E-state index contributed by atoms with van der Waals surface area (Å²) in [6.45, 7) is 6.67. The van der Waals surface area contributed by atoms with Crippen molar-refractivity contribution in [3.63, 3.8) is 0 Å². The molecule has 0 saturated carbocycles. The lowest BCUT2D eigenvalue weighted by Crippen LogP contribution is -1.74. The van der Waals surface area contributed by atoms with Crippen molar-refractivity contribution in [2.75, 3.05) is 0 Å². The van der Waals surface area contributed by atoms with E-state index in [0.29, 0.717) is 0 Å². The minimum absolute atomic E-state index is 1.21. The summed E-state index contributed by atoms with van der Waals surface area (Å²) in [5.41, 5.74) is 1.54. The molecule has 0 bridgehead atoms. The smallest absolute Gasteiger partial charge is 0.0348 e. The van der Waals surface area contributed by atoms with Gasteiger partial charge in [-0.1, -0.05) is 38.3 Å². The summed E-state index contributed by atoms with van der Waals surface area (Å²) in [6.07, 6.45) is 8.95. The summed E-state index contributed by atoms with van der Waals surface area (Å²) >= 11 is 0. The Bertz CT molecular complexity index is 90.2. The van der Waals surface area contributed by atoms with Crippen molar-refractivity contribution in [2.45, 2.75) is 52.9 Å². The minimum atomic E-state index is 1.21. The van der Waals surface area contributed by atoms with E-state index in [1.807, 2.05) is 0 Å². The van der Waals surface area contributed by atoms with Crippen molar-refractivity contribution >= 4 is 0 Å². The van der Waals surface area contributed by atoms with Crippen LogP contribution in [0.2, 0.25) is 0 Å². The maximum absolute atomic E-state index is 2.37. The van der Waals surface area contributed by atoms with Gasteiger partial charge in [0.25, 0.3) is 0 Å². The molecule has 0 heteroatoms. The van der Waals surface area contributed by atoms with Gasteiger partial charge in [-0.25, -0.2) is 0 Å². The third-order valence-electron chi connectivity index (χ3n) is 1.86. The van der Waals surface area contributed by atoms with E-state index in [0.717, 1.165) is 0 Å². The van der Waals surface area contributed by atoms with Crippen LogP contribution in [0.3, 0.4) is 0 Å². The molecule has 0 unspecified atom stereocenters. The highest BCUT2D eigenvalue weighted by Crippen LogP contribution is 2.04. The molecule has 0 aliphatic carbocycles. The van der Waals surface area contributed by atoms with Crippen LogP contribution in [-0.4, -0.2) is 0 Å². The van der Waals surface area contributed by atoms with Gasteiger partial charge in [0, 0.05) is 0 Å². The average molecular weight is 140 g/mol. The van der Waals surface area contributed by atoms with E-state index in [1.165, 1.54) is 37.7 Å². The van der Waals surface area contributed by atoms with Crippen molar-refractivity contribution in [3.8, 4) is 0 Å². The van der Waals surface area contributed by atoms with Gasteiger partial charge in [0.15, 0.2) is 0 Å². The normalized spacial score (nSPS) is 12.1. The molecule has 0 aliphatic rings. The predicted octanol–water partition coefficient (Wildman–Crippen LogP) is 3.92. The zero-order chi connectivity index (χ0) is 7.82. The Morgan fingerprint density at radius 2 is 1.90 bits per heavy atom. The van der Waals surface area contributed by atoms with Crippen molar-refractivity contribution in [1.29, 1.82) is 0 Å². The van der Waals surface area contributed by atoms with Crippen LogP contribution in [0.5, 0.6) is 0 Å². The molecule has 0 radical (unpaired) electrons. The highest BCUT2D eigenvalue weighted by atomic mass is 13.9. The van der Waals surface area contributed by atoms with Crippen LogP contribution in [0.15, 0.2) is 11.6 Å². The van der Waals surface area contributed by atoms with Gasteiger partial charge in [0.1, 0.15) is 0 Å². The lowest BCUT2D eigenvalue weighted by molar-refractivity contribution is 0.726. The molecule has 0 atom stereocenters. The molecule has 0 aromatic rings. The van der Waals surface area contributed by atoms with Gasteiger partial charge in [-0.3, -0.25) is 0 Å². The van der Waals surface area contributed by atoms with Crippen molar-refractivity contribution in [1.82, 2.24) is 0 Å². The number of hydrogen-bond acceptors (Lipinski definition) is 0. The van der Waals surface area contributed by atoms with E-state index in [-0.39, 0.29) is 0 Å². The Morgan fingerprint density at radius 3 is 2.40 bits per heavy atom. The van der Waals surface area contributed by atoms with Gasteiger partial charge in [0.2, 0.25) is 0 Å². The number of unbranched alkanes of at least 4 members (excludes halogenated alkanes) is 3. The minimum Gasteiger partial charge on any atom is -0.0856 e. The highest BCUT2D eigenvalue weighted by molar-refractivity contribution is 4.96. The number of rotatable bonds is 5. The van der Waals surface area contributed by atoms with Crippen molar-refractivity contribution in [2.24, 2.45) is 0 Å². The third kappa shape index (κ3) is 5.87. The first-order valence-electron chi connectivity index (χ1n) is 4.46. The summed E-state index contributed by atoms with van der Waals surface area (Å²) in [5, 5.41) is 0. The average Bonchev–Trinajstić information content (AvgIpc) is 1.98. The van der Waals surface area contributed by atoms with Crippen LogP contribution in [0.25, 0.3) is 0 Å². The first-order chi connectivity index (χ1) is 4.81. The predicted molar refractivity (Wildman–Crippen MR) is 48.2 cm³/mol. The largest absolute Gasteiger partial charge is 0.0856 e. The topological polar surface area (TPSA) is 0 Å². The summed E-state index contributed by atoms with van der Waals surface area (Å²) in [5.74, 6) is 0. The molecular formula is C10H20. The van der Waals surface area contributed by atoms with Crippen LogP contribution in [0.4, 0.5) is 0 Å². The van der Waals surface area contributed by atoms with Gasteiger partial charge in [-0.2, -0.15) is 0 Å². The molecule has 0 aromatic carbocycles. The van der Waals surface area contributed by atoms with Crippen LogP contribution in [0, 0.1) is 0 Å². The fourth-order valence-electron chi connectivity index (χ4n) is 0.887. The zero-order valence-electron chi connectivity index (χ0n) is 7.61. The van der Waals surface area contributed by atoms with Gasteiger partial charge in [-0.15, -0.1) is 0 Å². The molecule has 0 fully saturated rings. The fourth-order valence-corrected chi connectivity index (χ4v) is 0.887. The molecule has 0 spiro atoms. The maximum atomic E-state index is 2.37. The van der Waals surface area contributed by atoms with Crippen molar-refractivity contribution < 1.29 is 0 Å². The molecule has 0 rings (SSSR count).